The van der Waals surface area contributed by atoms with E-state index in [4.69, 9.17) is 0 Å². The van der Waals surface area contributed by atoms with Gasteiger partial charge in [-0.15, -0.1) is 0 Å². The summed E-state index contributed by atoms with van der Waals surface area (Å²) in [5, 5.41) is 3.43. The molecule has 1 aliphatic carbocycles. The highest BCUT2D eigenvalue weighted by molar-refractivity contribution is 4.82. The summed E-state index contributed by atoms with van der Waals surface area (Å²) in [6.45, 7) is 3.92. The van der Waals surface area contributed by atoms with Crippen molar-refractivity contribution in [2.45, 2.75) is 50.6 Å². The molecule has 2 fully saturated rings. The van der Waals surface area contributed by atoms with Crippen molar-refractivity contribution in [2.24, 2.45) is 5.92 Å². The molecule has 1 aliphatic heterocycles. The topological polar surface area (TPSA) is 18.5 Å². The minimum Gasteiger partial charge on any atom is -0.317 e. The number of piperidine rings is 1. The molecule has 2 rings (SSSR count). The first-order valence-corrected chi connectivity index (χ1v) is 7.75. The Balaban J connectivity index is 1.70. The maximum Gasteiger partial charge on any atom is 0.00934 e. The van der Waals surface area contributed by atoms with Crippen molar-refractivity contribution >= 4 is 0 Å². The molecule has 18 heavy (non-hydrogen) atoms. The number of nitrogens with zero attached hydrogens (tertiary/aromatic N) is 2. The highest BCUT2D eigenvalue weighted by Gasteiger charge is 2.25. The smallest absolute Gasteiger partial charge is 0.00934 e. The Hall–Kier alpha value is -0.120. The predicted octanol–water partition coefficient (Wildman–Crippen LogP) is 1.79. The van der Waals surface area contributed by atoms with Crippen molar-refractivity contribution in [3.8, 4) is 0 Å². The standard InChI is InChI=1S/C15H31N3/c1-16-14-4-6-15(7-5-14)18(3)12-13-8-10-17(2)11-9-13/h13-16H,4-12H2,1-3H3. The highest BCUT2D eigenvalue weighted by atomic mass is 15.1. The molecule has 106 valence electrons. The minimum absolute atomic E-state index is 0.776. The van der Waals surface area contributed by atoms with E-state index in [0.717, 1.165) is 18.0 Å². The van der Waals surface area contributed by atoms with Crippen molar-refractivity contribution in [3.05, 3.63) is 0 Å². The van der Waals surface area contributed by atoms with Crippen LogP contribution in [0.2, 0.25) is 0 Å². The first-order valence-electron chi connectivity index (χ1n) is 7.75. The van der Waals surface area contributed by atoms with E-state index in [1.165, 1.54) is 58.2 Å². The third kappa shape index (κ3) is 3.94. The van der Waals surface area contributed by atoms with Gasteiger partial charge in [0.2, 0.25) is 0 Å². The van der Waals surface area contributed by atoms with E-state index in [-0.39, 0.29) is 0 Å². The summed E-state index contributed by atoms with van der Waals surface area (Å²) in [5.41, 5.74) is 0. The molecule has 0 atom stereocenters. The van der Waals surface area contributed by atoms with Crippen LogP contribution in [-0.4, -0.2) is 62.7 Å². The van der Waals surface area contributed by atoms with E-state index in [1.807, 2.05) is 0 Å². The predicted molar refractivity (Wildman–Crippen MR) is 78.0 cm³/mol. The fraction of sp³-hybridized carbons (Fsp3) is 1.00. The molecule has 3 nitrogen and oxygen atoms in total. The fourth-order valence-electron chi connectivity index (χ4n) is 3.61. The van der Waals surface area contributed by atoms with Crippen LogP contribution in [0.4, 0.5) is 0 Å². The molecule has 2 aliphatic rings. The molecule has 0 aromatic rings. The molecular formula is C15H31N3. The van der Waals surface area contributed by atoms with Gasteiger partial charge in [0.25, 0.3) is 0 Å². The third-order valence-electron chi connectivity index (χ3n) is 5.11. The van der Waals surface area contributed by atoms with Crippen LogP contribution < -0.4 is 5.32 Å². The number of likely N-dealkylation sites (tertiary alicyclic amines) is 1. The van der Waals surface area contributed by atoms with Gasteiger partial charge in [-0.05, 0) is 78.7 Å². The van der Waals surface area contributed by atoms with E-state index >= 15 is 0 Å². The van der Waals surface area contributed by atoms with Crippen LogP contribution in [0.3, 0.4) is 0 Å². The maximum atomic E-state index is 3.43. The molecule has 1 heterocycles. The van der Waals surface area contributed by atoms with E-state index in [9.17, 15) is 0 Å². The van der Waals surface area contributed by atoms with Crippen LogP contribution in [0.15, 0.2) is 0 Å². The average Bonchev–Trinajstić information content (AvgIpc) is 2.41. The zero-order valence-electron chi connectivity index (χ0n) is 12.5. The van der Waals surface area contributed by atoms with E-state index < -0.39 is 0 Å². The Labute approximate surface area is 113 Å². The monoisotopic (exact) mass is 253 g/mol. The molecule has 0 spiro atoms. The summed E-state index contributed by atoms with van der Waals surface area (Å²) in [7, 11) is 6.70. The SMILES string of the molecule is CNC1CCC(N(C)CC2CCN(C)CC2)CC1. The third-order valence-corrected chi connectivity index (χ3v) is 5.11. The molecule has 1 N–H and O–H groups in total. The second kappa shape index (κ2) is 6.88. The molecule has 0 unspecified atom stereocenters. The molecular weight excluding hydrogens is 222 g/mol. The largest absolute Gasteiger partial charge is 0.317 e. The summed E-state index contributed by atoms with van der Waals surface area (Å²) in [5.74, 6) is 0.938. The van der Waals surface area contributed by atoms with Gasteiger partial charge in [-0.2, -0.15) is 0 Å². The fourth-order valence-corrected chi connectivity index (χ4v) is 3.61. The Bertz CT molecular complexity index is 228. The zero-order chi connectivity index (χ0) is 13.0. The Morgan fingerprint density at radius 2 is 1.67 bits per heavy atom. The zero-order valence-corrected chi connectivity index (χ0v) is 12.5. The van der Waals surface area contributed by atoms with Gasteiger partial charge in [0.15, 0.2) is 0 Å². The first kappa shape index (κ1) is 14.3. The number of rotatable bonds is 4. The number of hydrogen-bond donors (Lipinski definition) is 1. The molecule has 0 aromatic heterocycles. The number of nitrogens with one attached hydrogen (secondary N) is 1. The maximum absolute atomic E-state index is 3.43. The van der Waals surface area contributed by atoms with Gasteiger partial charge in [0.1, 0.15) is 0 Å². The summed E-state index contributed by atoms with van der Waals surface area (Å²) in [6.07, 6.45) is 8.28. The molecule has 3 heteroatoms. The molecule has 0 aromatic carbocycles. The van der Waals surface area contributed by atoms with E-state index in [1.54, 1.807) is 0 Å². The van der Waals surface area contributed by atoms with Gasteiger partial charge in [-0.1, -0.05) is 0 Å². The van der Waals surface area contributed by atoms with E-state index in [2.05, 4.69) is 36.3 Å². The minimum atomic E-state index is 0.776. The van der Waals surface area contributed by atoms with Crippen molar-refractivity contribution in [1.82, 2.24) is 15.1 Å². The second-order valence-corrected chi connectivity index (χ2v) is 6.48. The van der Waals surface area contributed by atoms with Crippen LogP contribution in [-0.2, 0) is 0 Å². The molecule has 0 amide bonds. The number of hydrogen-bond acceptors (Lipinski definition) is 3. The van der Waals surface area contributed by atoms with Crippen LogP contribution in [0.1, 0.15) is 38.5 Å². The Morgan fingerprint density at radius 1 is 1.06 bits per heavy atom. The molecule has 1 saturated carbocycles. The second-order valence-electron chi connectivity index (χ2n) is 6.48. The molecule has 0 radical (unpaired) electrons. The van der Waals surface area contributed by atoms with Crippen molar-refractivity contribution in [3.63, 3.8) is 0 Å². The lowest BCUT2D eigenvalue weighted by Crippen LogP contribution is -2.43. The normalized spacial score (nSPS) is 32.0. The van der Waals surface area contributed by atoms with Gasteiger partial charge in [-0.25, -0.2) is 0 Å². The first-order chi connectivity index (χ1) is 8.69. The lowest BCUT2D eigenvalue weighted by Gasteiger charge is -2.38. The summed E-state index contributed by atoms with van der Waals surface area (Å²) in [4.78, 5) is 5.12. The van der Waals surface area contributed by atoms with Crippen LogP contribution >= 0.6 is 0 Å². The summed E-state index contributed by atoms with van der Waals surface area (Å²) >= 11 is 0. The highest BCUT2D eigenvalue weighted by Crippen LogP contribution is 2.24. The Morgan fingerprint density at radius 3 is 2.22 bits per heavy atom. The van der Waals surface area contributed by atoms with Crippen molar-refractivity contribution in [2.75, 3.05) is 40.8 Å². The van der Waals surface area contributed by atoms with Gasteiger partial charge in [0, 0.05) is 18.6 Å². The Kier molecular flexibility index (Phi) is 5.46. The molecule has 1 saturated heterocycles. The summed E-state index contributed by atoms with van der Waals surface area (Å²) < 4.78 is 0. The van der Waals surface area contributed by atoms with Crippen LogP contribution in [0.25, 0.3) is 0 Å². The molecule has 0 bridgehead atoms. The lowest BCUT2D eigenvalue weighted by atomic mass is 9.89. The van der Waals surface area contributed by atoms with Crippen LogP contribution in [0.5, 0.6) is 0 Å². The average molecular weight is 253 g/mol. The van der Waals surface area contributed by atoms with Gasteiger partial charge < -0.3 is 15.1 Å². The van der Waals surface area contributed by atoms with Gasteiger partial charge in [-0.3, -0.25) is 0 Å². The summed E-state index contributed by atoms with van der Waals surface area (Å²) in [6, 6.07) is 1.62. The van der Waals surface area contributed by atoms with Crippen molar-refractivity contribution < 1.29 is 0 Å². The van der Waals surface area contributed by atoms with Gasteiger partial charge >= 0.3 is 0 Å². The van der Waals surface area contributed by atoms with Gasteiger partial charge in [0.05, 0.1) is 0 Å². The van der Waals surface area contributed by atoms with E-state index in [0.29, 0.717) is 0 Å². The van der Waals surface area contributed by atoms with Crippen LogP contribution in [0, 0.1) is 5.92 Å². The quantitative estimate of drug-likeness (QED) is 0.824. The van der Waals surface area contributed by atoms with Crippen molar-refractivity contribution in [1.29, 1.82) is 0 Å². The lowest BCUT2D eigenvalue weighted by molar-refractivity contribution is 0.124.